The van der Waals surface area contributed by atoms with Gasteiger partial charge in [0, 0.05) is 6.07 Å². The van der Waals surface area contributed by atoms with Crippen LogP contribution in [0.15, 0.2) is 27.5 Å². The molecule has 7 heteroatoms. The zero-order chi connectivity index (χ0) is 14.5. The first-order valence-corrected chi connectivity index (χ1v) is 6.82. The van der Waals surface area contributed by atoms with E-state index in [0.717, 1.165) is 5.69 Å². The number of esters is 1. The van der Waals surface area contributed by atoms with E-state index >= 15 is 0 Å². The van der Waals surface area contributed by atoms with Crippen molar-refractivity contribution in [2.75, 3.05) is 6.61 Å². The Balaban J connectivity index is 2.24. The third kappa shape index (κ3) is 3.41. The molecule has 0 saturated heterocycles. The van der Waals surface area contributed by atoms with Crippen molar-refractivity contribution < 1.29 is 18.4 Å². The van der Waals surface area contributed by atoms with Crippen LogP contribution in [0.1, 0.15) is 28.7 Å². The molecule has 0 fully saturated rings. The minimum absolute atomic E-state index is 0.00857. The maximum absolute atomic E-state index is 13.6. The van der Waals surface area contributed by atoms with Crippen molar-refractivity contribution in [3.63, 3.8) is 0 Å². The van der Waals surface area contributed by atoms with E-state index < -0.39 is 11.8 Å². The summed E-state index contributed by atoms with van der Waals surface area (Å²) in [6.45, 7) is 1.93. The van der Waals surface area contributed by atoms with Gasteiger partial charge in [0.15, 0.2) is 11.5 Å². The summed E-state index contributed by atoms with van der Waals surface area (Å²) in [5.41, 5.74) is 1.32. The monoisotopic (exact) mass is 342 g/mol. The Labute approximate surface area is 123 Å². The summed E-state index contributed by atoms with van der Waals surface area (Å²) < 4.78 is 23.2. The van der Waals surface area contributed by atoms with Crippen LogP contribution in [0.2, 0.25) is 0 Å². The van der Waals surface area contributed by atoms with Crippen molar-refractivity contribution in [1.29, 1.82) is 0 Å². The van der Waals surface area contributed by atoms with Gasteiger partial charge in [0.05, 0.1) is 12.3 Å². The van der Waals surface area contributed by atoms with Crippen LogP contribution in [0.3, 0.4) is 0 Å². The molecule has 0 aliphatic rings. The minimum atomic E-state index is -0.566. The average molecular weight is 343 g/mol. The van der Waals surface area contributed by atoms with Gasteiger partial charge in [-0.3, -0.25) is 0 Å². The van der Waals surface area contributed by atoms with Crippen LogP contribution in [-0.4, -0.2) is 22.7 Å². The molecule has 2 aromatic rings. The molecule has 0 aromatic carbocycles. The highest BCUT2D eigenvalue weighted by molar-refractivity contribution is 9.10. The summed E-state index contributed by atoms with van der Waals surface area (Å²) in [6, 6.07) is 3.00. The number of carbonyl (C=O) groups is 1. The lowest BCUT2D eigenvalue weighted by molar-refractivity contribution is 0.0517. The summed E-state index contributed by atoms with van der Waals surface area (Å²) in [4.78, 5) is 15.7. The zero-order valence-corrected chi connectivity index (χ0v) is 12.3. The van der Waals surface area contributed by atoms with Crippen LogP contribution < -0.4 is 0 Å². The molecule has 0 aliphatic carbocycles. The summed E-state index contributed by atoms with van der Waals surface area (Å²) >= 11 is 2.97. The highest BCUT2D eigenvalue weighted by atomic mass is 79.9. The van der Waals surface area contributed by atoms with Gasteiger partial charge in [-0.15, -0.1) is 0 Å². The largest absolute Gasteiger partial charge is 0.461 e. The summed E-state index contributed by atoms with van der Waals surface area (Å²) in [5.74, 6) is -1.09. The van der Waals surface area contributed by atoms with Crippen molar-refractivity contribution in [2.24, 2.45) is 0 Å². The molecular formula is C13H12BrFN2O3. The highest BCUT2D eigenvalue weighted by Gasteiger charge is 2.18. The number of hydrogen-bond donors (Lipinski definition) is 0. The second-order valence-electron chi connectivity index (χ2n) is 3.98. The van der Waals surface area contributed by atoms with Crippen molar-refractivity contribution in [2.45, 2.75) is 19.8 Å². The number of halogens is 2. The summed E-state index contributed by atoms with van der Waals surface area (Å²) in [7, 11) is 0. The molecule has 0 aliphatic heterocycles. The van der Waals surface area contributed by atoms with E-state index in [0.29, 0.717) is 18.4 Å². The number of aromatic nitrogens is 2. The average Bonchev–Trinajstić information content (AvgIpc) is 2.93. The lowest BCUT2D eigenvalue weighted by Crippen LogP contribution is -2.12. The molecule has 0 spiro atoms. The SMILES string of the molecule is CCOC(=O)c1nc(Br)c(F)cc1CCc1ccon1. The summed E-state index contributed by atoms with van der Waals surface area (Å²) in [5, 5.41) is 3.77. The number of pyridine rings is 1. The van der Waals surface area contributed by atoms with Gasteiger partial charge < -0.3 is 9.26 Å². The van der Waals surface area contributed by atoms with Gasteiger partial charge in [0.1, 0.15) is 10.9 Å². The fourth-order valence-corrected chi connectivity index (χ4v) is 1.99. The quantitative estimate of drug-likeness (QED) is 0.617. The molecule has 0 N–H and O–H groups in total. The standard InChI is InChI=1S/C13H12BrFN2O3/c1-2-19-13(18)11-8(7-10(15)12(14)16-11)3-4-9-5-6-20-17-9/h5-7H,2-4H2,1H3. The number of hydrogen-bond acceptors (Lipinski definition) is 5. The first-order chi connectivity index (χ1) is 9.61. The van der Waals surface area contributed by atoms with Gasteiger partial charge in [0.25, 0.3) is 0 Å². The summed E-state index contributed by atoms with van der Waals surface area (Å²) in [6.07, 6.45) is 2.39. The molecule has 0 saturated carbocycles. The van der Waals surface area contributed by atoms with E-state index in [1.165, 1.54) is 12.3 Å². The van der Waals surface area contributed by atoms with E-state index in [1.54, 1.807) is 13.0 Å². The molecule has 106 valence electrons. The van der Waals surface area contributed by atoms with Crippen LogP contribution in [-0.2, 0) is 17.6 Å². The number of aryl methyl sites for hydroxylation is 2. The van der Waals surface area contributed by atoms with Gasteiger partial charge in [-0.1, -0.05) is 5.16 Å². The lowest BCUT2D eigenvalue weighted by atomic mass is 10.1. The molecule has 0 amide bonds. The van der Waals surface area contributed by atoms with E-state index in [4.69, 9.17) is 9.26 Å². The number of ether oxygens (including phenoxy) is 1. The third-order valence-corrected chi connectivity index (χ3v) is 3.18. The Bertz CT molecular complexity index is 602. The Morgan fingerprint density at radius 3 is 2.95 bits per heavy atom. The molecule has 2 heterocycles. The molecule has 0 radical (unpaired) electrons. The van der Waals surface area contributed by atoms with Crippen LogP contribution in [0.5, 0.6) is 0 Å². The second-order valence-corrected chi connectivity index (χ2v) is 4.73. The Morgan fingerprint density at radius 1 is 1.50 bits per heavy atom. The third-order valence-electron chi connectivity index (χ3n) is 2.62. The van der Waals surface area contributed by atoms with Crippen molar-refractivity contribution in [3.05, 3.63) is 45.8 Å². The van der Waals surface area contributed by atoms with Crippen LogP contribution in [0.25, 0.3) is 0 Å². The van der Waals surface area contributed by atoms with Gasteiger partial charge in [-0.25, -0.2) is 14.2 Å². The molecule has 2 rings (SSSR count). The zero-order valence-electron chi connectivity index (χ0n) is 10.7. The first-order valence-electron chi connectivity index (χ1n) is 6.03. The van der Waals surface area contributed by atoms with Crippen molar-refractivity contribution >= 4 is 21.9 Å². The Hall–Kier alpha value is -1.76. The number of nitrogens with zero attached hydrogens (tertiary/aromatic N) is 2. The van der Waals surface area contributed by atoms with Crippen LogP contribution in [0.4, 0.5) is 4.39 Å². The van der Waals surface area contributed by atoms with Gasteiger partial charge in [-0.05, 0) is 47.3 Å². The van der Waals surface area contributed by atoms with Gasteiger partial charge in [0.2, 0.25) is 0 Å². The fourth-order valence-electron chi connectivity index (χ4n) is 1.70. The van der Waals surface area contributed by atoms with E-state index in [9.17, 15) is 9.18 Å². The molecular weight excluding hydrogens is 331 g/mol. The Morgan fingerprint density at radius 2 is 2.30 bits per heavy atom. The normalized spacial score (nSPS) is 10.6. The topological polar surface area (TPSA) is 65.2 Å². The maximum Gasteiger partial charge on any atom is 0.357 e. The predicted octanol–water partition coefficient (Wildman–Crippen LogP) is 2.93. The maximum atomic E-state index is 13.6. The molecule has 2 aromatic heterocycles. The molecule has 5 nitrogen and oxygen atoms in total. The highest BCUT2D eigenvalue weighted by Crippen LogP contribution is 2.19. The lowest BCUT2D eigenvalue weighted by Gasteiger charge is -2.08. The van der Waals surface area contributed by atoms with Gasteiger partial charge in [-0.2, -0.15) is 0 Å². The van der Waals surface area contributed by atoms with Crippen LogP contribution in [0, 0.1) is 5.82 Å². The molecule has 0 unspecified atom stereocenters. The Kier molecular flexibility index (Phi) is 4.84. The van der Waals surface area contributed by atoms with Crippen molar-refractivity contribution in [1.82, 2.24) is 10.1 Å². The molecule has 20 heavy (non-hydrogen) atoms. The van der Waals surface area contributed by atoms with E-state index in [-0.39, 0.29) is 16.9 Å². The predicted molar refractivity (Wildman–Crippen MR) is 71.8 cm³/mol. The smallest absolute Gasteiger partial charge is 0.357 e. The van der Waals surface area contributed by atoms with E-state index in [2.05, 4.69) is 26.1 Å². The first kappa shape index (κ1) is 14.6. The second kappa shape index (κ2) is 6.60. The van der Waals surface area contributed by atoms with Crippen LogP contribution >= 0.6 is 15.9 Å². The fraction of sp³-hybridized carbons (Fsp3) is 0.308. The molecule has 0 atom stereocenters. The molecule has 0 bridgehead atoms. The van der Waals surface area contributed by atoms with Gasteiger partial charge >= 0.3 is 5.97 Å². The number of rotatable bonds is 5. The van der Waals surface area contributed by atoms with E-state index in [1.807, 2.05) is 0 Å². The van der Waals surface area contributed by atoms with Crippen molar-refractivity contribution in [3.8, 4) is 0 Å². The number of carbonyl (C=O) groups excluding carboxylic acids is 1. The minimum Gasteiger partial charge on any atom is -0.461 e.